The van der Waals surface area contributed by atoms with E-state index < -0.39 is 12.0 Å². The van der Waals surface area contributed by atoms with Crippen LogP contribution in [0.15, 0.2) is 24.3 Å². The van der Waals surface area contributed by atoms with Crippen LogP contribution in [0.3, 0.4) is 0 Å². The molecule has 1 aromatic carbocycles. The molecule has 1 fully saturated rings. The molecule has 1 aliphatic carbocycles. The quantitative estimate of drug-likeness (QED) is 0.749. The summed E-state index contributed by atoms with van der Waals surface area (Å²) in [6.45, 7) is 3.86. The predicted octanol–water partition coefficient (Wildman–Crippen LogP) is 2.11. The Balaban J connectivity index is 1.93. The van der Waals surface area contributed by atoms with Crippen molar-refractivity contribution in [2.24, 2.45) is 11.8 Å². The smallest absolute Gasteiger partial charge is 0.326 e. The van der Waals surface area contributed by atoms with Gasteiger partial charge < -0.3 is 15.5 Å². The van der Waals surface area contributed by atoms with E-state index in [2.05, 4.69) is 5.32 Å². The highest BCUT2D eigenvalue weighted by Crippen LogP contribution is 2.47. The van der Waals surface area contributed by atoms with Gasteiger partial charge in [-0.15, -0.1) is 0 Å². The van der Waals surface area contributed by atoms with Crippen LogP contribution in [0.1, 0.15) is 38.2 Å². The minimum absolute atomic E-state index is 0.124. The zero-order chi connectivity index (χ0) is 15.6. The molecule has 0 spiro atoms. The first-order valence-corrected chi connectivity index (χ1v) is 7.20. The van der Waals surface area contributed by atoms with Crippen molar-refractivity contribution < 1.29 is 19.8 Å². The van der Waals surface area contributed by atoms with E-state index in [9.17, 15) is 14.7 Å². The summed E-state index contributed by atoms with van der Waals surface area (Å²) in [6, 6.07) is 5.98. The van der Waals surface area contributed by atoms with Crippen molar-refractivity contribution in [1.29, 1.82) is 0 Å². The monoisotopic (exact) mass is 291 g/mol. The zero-order valence-electron chi connectivity index (χ0n) is 12.2. The van der Waals surface area contributed by atoms with Crippen LogP contribution in [-0.4, -0.2) is 28.1 Å². The number of hydrogen-bond donors (Lipinski definition) is 3. The van der Waals surface area contributed by atoms with Gasteiger partial charge in [0.1, 0.15) is 11.8 Å². The van der Waals surface area contributed by atoms with Crippen molar-refractivity contribution in [3.63, 3.8) is 0 Å². The van der Waals surface area contributed by atoms with Gasteiger partial charge in [-0.25, -0.2) is 4.79 Å². The highest BCUT2D eigenvalue weighted by Gasteiger charge is 2.44. The normalized spacial score (nSPS) is 21.9. The number of nitrogens with one attached hydrogen (secondary N) is 1. The van der Waals surface area contributed by atoms with Crippen LogP contribution in [0.4, 0.5) is 0 Å². The molecular weight excluding hydrogens is 270 g/mol. The predicted molar refractivity (Wildman–Crippen MR) is 78.0 cm³/mol. The van der Waals surface area contributed by atoms with Crippen molar-refractivity contribution in [2.45, 2.75) is 38.6 Å². The molecule has 3 unspecified atom stereocenters. The van der Waals surface area contributed by atoms with E-state index in [1.165, 1.54) is 0 Å². The molecule has 0 aromatic heterocycles. The SMILES string of the molecule is CC(C)CC(NC(=O)C1CC1c1ccc(O)cc1)C(=O)O. The summed E-state index contributed by atoms with van der Waals surface area (Å²) in [4.78, 5) is 23.3. The first-order chi connectivity index (χ1) is 9.88. The molecule has 0 aliphatic heterocycles. The third-order valence-electron chi connectivity index (χ3n) is 3.77. The van der Waals surface area contributed by atoms with E-state index in [1.54, 1.807) is 24.3 Å². The van der Waals surface area contributed by atoms with Gasteiger partial charge in [-0.05, 0) is 42.4 Å². The summed E-state index contributed by atoms with van der Waals surface area (Å²) in [6.07, 6.45) is 1.16. The van der Waals surface area contributed by atoms with Gasteiger partial charge in [0.05, 0.1) is 0 Å². The molecule has 21 heavy (non-hydrogen) atoms. The molecule has 5 heteroatoms. The number of benzene rings is 1. The summed E-state index contributed by atoms with van der Waals surface area (Å²) < 4.78 is 0. The maximum absolute atomic E-state index is 12.1. The molecule has 0 heterocycles. The zero-order valence-corrected chi connectivity index (χ0v) is 12.2. The van der Waals surface area contributed by atoms with E-state index in [-0.39, 0.29) is 29.4 Å². The molecule has 3 N–H and O–H groups in total. The van der Waals surface area contributed by atoms with Gasteiger partial charge in [0.15, 0.2) is 0 Å². The molecule has 2 rings (SSSR count). The molecule has 1 aromatic rings. The molecule has 0 saturated heterocycles. The van der Waals surface area contributed by atoms with Gasteiger partial charge in [0.25, 0.3) is 0 Å². The summed E-state index contributed by atoms with van der Waals surface area (Å²) in [5.74, 6) is -0.815. The van der Waals surface area contributed by atoms with Crippen LogP contribution < -0.4 is 5.32 Å². The van der Waals surface area contributed by atoms with Gasteiger partial charge in [-0.1, -0.05) is 26.0 Å². The molecule has 5 nitrogen and oxygen atoms in total. The van der Waals surface area contributed by atoms with Crippen LogP contribution in [-0.2, 0) is 9.59 Å². The standard InChI is InChI=1S/C16H21NO4/c1-9(2)7-14(16(20)21)17-15(19)13-8-12(13)10-3-5-11(18)6-4-10/h3-6,9,12-14,18H,7-8H2,1-2H3,(H,17,19)(H,20,21). The summed E-state index contributed by atoms with van der Waals surface area (Å²) >= 11 is 0. The minimum Gasteiger partial charge on any atom is -0.508 e. The number of phenolic OH excluding ortho intramolecular Hbond substituents is 1. The summed E-state index contributed by atoms with van der Waals surface area (Å²) in [7, 11) is 0. The van der Waals surface area contributed by atoms with E-state index in [4.69, 9.17) is 5.11 Å². The largest absolute Gasteiger partial charge is 0.508 e. The highest BCUT2D eigenvalue weighted by molar-refractivity contribution is 5.87. The fourth-order valence-corrected chi connectivity index (χ4v) is 2.55. The van der Waals surface area contributed by atoms with Gasteiger partial charge in [-0.2, -0.15) is 0 Å². The minimum atomic E-state index is -0.987. The third-order valence-corrected chi connectivity index (χ3v) is 3.77. The Hall–Kier alpha value is -2.04. The van der Waals surface area contributed by atoms with E-state index in [1.807, 2.05) is 13.8 Å². The average molecular weight is 291 g/mol. The molecule has 0 radical (unpaired) electrons. The Morgan fingerprint density at radius 3 is 2.43 bits per heavy atom. The second-order valence-electron chi connectivity index (χ2n) is 6.07. The number of phenols is 1. The van der Waals surface area contributed by atoms with Gasteiger partial charge in [0, 0.05) is 5.92 Å². The molecule has 0 bridgehead atoms. The third kappa shape index (κ3) is 3.97. The van der Waals surface area contributed by atoms with Crippen molar-refractivity contribution in [2.75, 3.05) is 0 Å². The maximum Gasteiger partial charge on any atom is 0.326 e. The number of carbonyl (C=O) groups is 2. The molecule has 1 amide bonds. The van der Waals surface area contributed by atoms with Crippen LogP contribution >= 0.6 is 0 Å². The first kappa shape index (κ1) is 15.4. The van der Waals surface area contributed by atoms with Gasteiger partial charge in [-0.3, -0.25) is 4.79 Å². The van der Waals surface area contributed by atoms with Crippen LogP contribution in [0.25, 0.3) is 0 Å². The Morgan fingerprint density at radius 1 is 1.29 bits per heavy atom. The fraction of sp³-hybridized carbons (Fsp3) is 0.500. The molecule has 1 saturated carbocycles. The number of carbonyl (C=O) groups excluding carboxylic acids is 1. The van der Waals surface area contributed by atoms with E-state index >= 15 is 0 Å². The first-order valence-electron chi connectivity index (χ1n) is 7.20. The van der Waals surface area contributed by atoms with Crippen molar-refractivity contribution >= 4 is 11.9 Å². The average Bonchev–Trinajstić information content (AvgIpc) is 3.18. The lowest BCUT2D eigenvalue weighted by molar-refractivity contribution is -0.142. The number of carboxylic acid groups (broad SMARTS) is 1. The molecule has 3 atom stereocenters. The molecule has 114 valence electrons. The number of hydrogen-bond acceptors (Lipinski definition) is 3. The van der Waals surface area contributed by atoms with Crippen LogP contribution in [0, 0.1) is 11.8 Å². The van der Waals surface area contributed by atoms with Crippen LogP contribution in [0.5, 0.6) is 5.75 Å². The number of rotatable bonds is 6. The lowest BCUT2D eigenvalue weighted by Gasteiger charge is -2.16. The molecular formula is C16H21NO4. The van der Waals surface area contributed by atoms with Gasteiger partial charge in [0.2, 0.25) is 5.91 Å². The highest BCUT2D eigenvalue weighted by atomic mass is 16.4. The van der Waals surface area contributed by atoms with Crippen LogP contribution in [0.2, 0.25) is 0 Å². The van der Waals surface area contributed by atoms with Gasteiger partial charge >= 0.3 is 5.97 Å². The molecule has 1 aliphatic rings. The summed E-state index contributed by atoms with van der Waals surface area (Å²) in [5.41, 5.74) is 1.00. The lowest BCUT2D eigenvalue weighted by atomic mass is 10.0. The summed E-state index contributed by atoms with van der Waals surface area (Å²) in [5, 5.41) is 21.0. The Labute approximate surface area is 124 Å². The Kier molecular flexibility index (Phi) is 4.50. The number of aromatic hydroxyl groups is 1. The number of amides is 1. The number of carboxylic acids is 1. The fourth-order valence-electron chi connectivity index (χ4n) is 2.55. The second-order valence-corrected chi connectivity index (χ2v) is 6.07. The van der Waals surface area contributed by atoms with Crippen molar-refractivity contribution in [3.05, 3.63) is 29.8 Å². The van der Waals surface area contributed by atoms with E-state index in [0.717, 1.165) is 12.0 Å². The van der Waals surface area contributed by atoms with Crippen molar-refractivity contribution in [1.82, 2.24) is 5.32 Å². The number of aliphatic carboxylic acids is 1. The Morgan fingerprint density at radius 2 is 1.90 bits per heavy atom. The lowest BCUT2D eigenvalue weighted by Crippen LogP contribution is -2.42. The topological polar surface area (TPSA) is 86.6 Å². The van der Waals surface area contributed by atoms with Crippen molar-refractivity contribution in [3.8, 4) is 5.75 Å². The second kappa shape index (κ2) is 6.16. The van der Waals surface area contributed by atoms with E-state index in [0.29, 0.717) is 6.42 Å². The Bertz CT molecular complexity index is 524. The maximum atomic E-state index is 12.1.